The van der Waals surface area contributed by atoms with Crippen LogP contribution in [-0.2, 0) is 9.59 Å². The van der Waals surface area contributed by atoms with Crippen LogP contribution in [-0.4, -0.2) is 23.0 Å². The van der Waals surface area contributed by atoms with Crippen LogP contribution in [0.2, 0.25) is 0 Å². The molecule has 1 unspecified atom stereocenters. The molecule has 0 radical (unpaired) electrons. The lowest BCUT2D eigenvalue weighted by molar-refractivity contribution is -0.142. The first-order valence-corrected chi connectivity index (χ1v) is 6.76. The van der Waals surface area contributed by atoms with E-state index in [9.17, 15) is 9.59 Å². The Hall–Kier alpha value is -1.40. The molecule has 1 heterocycles. The van der Waals surface area contributed by atoms with E-state index in [1.165, 1.54) is 11.3 Å². The quantitative estimate of drug-likeness (QED) is 0.700. The lowest BCUT2D eigenvalue weighted by atomic mass is 10.1. The maximum atomic E-state index is 11.8. The molecule has 0 aromatic carbocycles. The van der Waals surface area contributed by atoms with Gasteiger partial charge in [-0.2, -0.15) is 0 Å². The SMILES string of the molecule is CCCC[C@H](N)C(=O)NC(C(=O)O)c1cccs1. The highest BCUT2D eigenvalue weighted by Gasteiger charge is 2.25. The summed E-state index contributed by atoms with van der Waals surface area (Å²) in [5.41, 5.74) is 5.70. The largest absolute Gasteiger partial charge is 0.479 e. The molecule has 1 aromatic rings. The first-order chi connectivity index (χ1) is 8.56. The highest BCUT2D eigenvalue weighted by Crippen LogP contribution is 2.19. The fourth-order valence-electron chi connectivity index (χ4n) is 1.51. The summed E-state index contributed by atoms with van der Waals surface area (Å²) in [5, 5.41) is 13.3. The van der Waals surface area contributed by atoms with Gasteiger partial charge >= 0.3 is 5.97 Å². The second kappa shape index (κ2) is 7.13. The molecule has 18 heavy (non-hydrogen) atoms. The second-order valence-electron chi connectivity index (χ2n) is 4.04. The molecule has 2 atom stereocenters. The van der Waals surface area contributed by atoms with Gasteiger partial charge in [-0.25, -0.2) is 4.79 Å². The first-order valence-electron chi connectivity index (χ1n) is 5.88. The van der Waals surface area contributed by atoms with Crippen molar-refractivity contribution in [3.63, 3.8) is 0 Å². The number of carbonyl (C=O) groups is 2. The third-order valence-corrected chi connectivity index (χ3v) is 3.50. The van der Waals surface area contributed by atoms with Crippen molar-refractivity contribution in [2.24, 2.45) is 5.73 Å². The molecule has 5 nitrogen and oxygen atoms in total. The Morgan fingerprint density at radius 2 is 2.28 bits per heavy atom. The molecule has 0 fully saturated rings. The molecule has 0 bridgehead atoms. The van der Waals surface area contributed by atoms with Gasteiger partial charge in [0.2, 0.25) is 5.91 Å². The summed E-state index contributed by atoms with van der Waals surface area (Å²) >= 11 is 1.29. The van der Waals surface area contributed by atoms with Gasteiger partial charge in [-0.1, -0.05) is 25.8 Å². The van der Waals surface area contributed by atoms with Crippen molar-refractivity contribution < 1.29 is 14.7 Å². The molecule has 4 N–H and O–H groups in total. The van der Waals surface area contributed by atoms with E-state index < -0.39 is 24.0 Å². The number of carboxylic acid groups (broad SMARTS) is 1. The summed E-state index contributed by atoms with van der Waals surface area (Å²) < 4.78 is 0. The van der Waals surface area contributed by atoms with Crippen LogP contribution in [0.15, 0.2) is 17.5 Å². The molecule has 0 aliphatic carbocycles. The van der Waals surface area contributed by atoms with Crippen LogP contribution in [0.3, 0.4) is 0 Å². The summed E-state index contributed by atoms with van der Waals surface area (Å²) in [6, 6.07) is 1.78. The van der Waals surface area contributed by atoms with Gasteiger partial charge in [0.1, 0.15) is 0 Å². The molecule has 1 amide bonds. The summed E-state index contributed by atoms with van der Waals surface area (Å²) in [7, 11) is 0. The zero-order valence-electron chi connectivity index (χ0n) is 10.3. The van der Waals surface area contributed by atoms with Gasteiger partial charge in [0, 0.05) is 4.88 Å². The van der Waals surface area contributed by atoms with E-state index in [-0.39, 0.29) is 0 Å². The van der Waals surface area contributed by atoms with Gasteiger partial charge in [-0.3, -0.25) is 4.79 Å². The molecular weight excluding hydrogens is 252 g/mol. The number of carbonyl (C=O) groups excluding carboxylic acids is 1. The van der Waals surface area contributed by atoms with Crippen molar-refractivity contribution in [2.45, 2.75) is 38.3 Å². The minimum absolute atomic E-state index is 0.413. The van der Waals surface area contributed by atoms with Crippen molar-refractivity contribution in [2.75, 3.05) is 0 Å². The molecule has 0 aliphatic rings. The van der Waals surface area contributed by atoms with E-state index in [2.05, 4.69) is 5.32 Å². The summed E-state index contributed by atoms with van der Waals surface area (Å²) in [5.74, 6) is -1.49. The number of thiophene rings is 1. The number of aliphatic carboxylic acids is 1. The summed E-state index contributed by atoms with van der Waals surface area (Å²) in [6.45, 7) is 2.01. The fraction of sp³-hybridized carbons (Fsp3) is 0.500. The van der Waals surface area contributed by atoms with Gasteiger partial charge < -0.3 is 16.2 Å². The highest BCUT2D eigenvalue weighted by atomic mass is 32.1. The molecular formula is C12H18N2O3S. The lowest BCUT2D eigenvalue weighted by Gasteiger charge is -2.16. The minimum atomic E-state index is -1.08. The predicted molar refractivity (Wildman–Crippen MR) is 70.3 cm³/mol. The maximum absolute atomic E-state index is 11.8. The maximum Gasteiger partial charge on any atom is 0.331 e. The van der Waals surface area contributed by atoms with Crippen molar-refractivity contribution >= 4 is 23.2 Å². The van der Waals surface area contributed by atoms with Gasteiger partial charge in [0.05, 0.1) is 6.04 Å². The van der Waals surface area contributed by atoms with Crippen molar-refractivity contribution in [3.8, 4) is 0 Å². The normalized spacial score (nSPS) is 13.9. The van der Waals surface area contributed by atoms with Gasteiger partial charge in [-0.15, -0.1) is 11.3 Å². The number of nitrogens with two attached hydrogens (primary N) is 1. The van der Waals surface area contributed by atoms with E-state index in [4.69, 9.17) is 10.8 Å². The van der Waals surface area contributed by atoms with E-state index in [0.29, 0.717) is 11.3 Å². The van der Waals surface area contributed by atoms with Crippen LogP contribution >= 0.6 is 11.3 Å². The molecule has 0 saturated carbocycles. The zero-order chi connectivity index (χ0) is 13.5. The Balaban J connectivity index is 2.62. The smallest absolute Gasteiger partial charge is 0.331 e. The monoisotopic (exact) mass is 270 g/mol. The Morgan fingerprint density at radius 3 is 2.78 bits per heavy atom. The van der Waals surface area contributed by atoms with Crippen LogP contribution in [0.4, 0.5) is 0 Å². The molecule has 1 aromatic heterocycles. The average molecular weight is 270 g/mol. The summed E-state index contributed by atoms with van der Waals surface area (Å²) in [6.07, 6.45) is 2.37. The molecule has 1 rings (SSSR count). The molecule has 0 spiro atoms. The third kappa shape index (κ3) is 4.12. The number of rotatable bonds is 7. The Morgan fingerprint density at radius 1 is 1.56 bits per heavy atom. The number of amides is 1. The van der Waals surface area contributed by atoms with Crippen molar-refractivity contribution in [1.29, 1.82) is 0 Å². The van der Waals surface area contributed by atoms with Crippen LogP contribution in [0, 0.1) is 0 Å². The molecule has 6 heteroatoms. The van der Waals surface area contributed by atoms with Gasteiger partial charge in [-0.05, 0) is 17.9 Å². The number of carboxylic acids is 1. The van der Waals surface area contributed by atoms with Crippen molar-refractivity contribution in [1.82, 2.24) is 5.32 Å². The van der Waals surface area contributed by atoms with E-state index >= 15 is 0 Å². The Bertz CT molecular complexity index is 392. The minimum Gasteiger partial charge on any atom is -0.479 e. The topological polar surface area (TPSA) is 92.4 Å². The number of unbranched alkanes of at least 4 members (excludes halogenated alkanes) is 1. The van der Waals surface area contributed by atoms with Crippen LogP contribution in [0.1, 0.15) is 37.1 Å². The van der Waals surface area contributed by atoms with E-state index in [1.54, 1.807) is 17.5 Å². The standard InChI is InChI=1S/C12H18N2O3S/c1-2-3-5-8(13)11(15)14-10(12(16)17)9-6-4-7-18-9/h4,6-8,10H,2-3,5,13H2,1H3,(H,14,15)(H,16,17)/t8-,10?/m0/s1. The highest BCUT2D eigenvalue weighted by molar-refractivity contribution is 7.10. The van der Waals surface area contributed by atoms with Gasteiger partial charge in [0.15, 0.2) is 6.04 Å². The number of nitrogens with one attached hydrogen (secondary N) is 1. The van der Waals surface area contributed by atoms with Crippen LogP contribution in [0.25, 0.3) is 0 Å². The first kappa shape index (κ1) is 14.7. The van der Waals surface area contributed by atoms with E-state index in [0.717, 1.165) is 12.8 Å². The Labute approximate surface area is 110 Å². The number of hydrogen-bond donors (Lipinski definition) is 3. The van der Waals surface area contributed by atoms with Crippen LogP contribution in [0.5, 0.6) is 0 Å². The van der Waals surface area contributed by atoms with Crippen molar-refractivity contribution in [3.05, 3.63) is 22.4 Å². The lowest BCUT2D eigenvalue weighted by Crippen LogP contribution is -2.44. The van der Waals surface area contributed by atoms with Gasteiger partial charge in [0.25, 0.3) is 0 Å². The average Bonchev–Trinajstić information content (AvgIpc) is 2.85. The zero-order valence-corrected chi connectivity index (χ0v) is 11.1. The molecule has 0 aliphatic heterocycles. The second-order valence-corrected chi connectivity index (χ2v) is 5.02. The summed E-state index contributed by atoms with van der Waals surface area (Å²) in [4.78, 5) is 23.5. The fourth-order valence-corrected chi connectivity index (χ4v) is 2.28. The molecule has 0 saturated heterocycles. The molecule has 100 valence electrons. The Kier molecular flexibility index (Phi) is 5.80. The van der Waals surface area contributed by atoms with E-state index in [1.807, 2.05) is 6.92 Å². The number of hydrogen-bond acceptors (Lipinski definition) is 4. The predicted octanol–water partition coefficient (Wildman–Crippen LogP) is 1.51. The third-order valence-electron chi connectivity index (χ3n) is 2.57. The van der Waals surface area contributed by atoms with Crippen LogP contribution < -0.4 is 11.1 Å².